The van der Waals surface area contributed by atoms with E-state index in [1.54, 1.807) is 0 Å². The van der Waals surface area contributed by atoms with Gasteiger partial charge in [-0.05, 0) is 37.6 Å². The Balaban J connectivity index is 2.45. The highest BCUT2D eigenvalue weighted by molar-refractivity contribution is 5.76. The van der Waals surface area contributed by atoms with Crippen molar-refractivity contribution >= 4 is 5.91 Å². The second kappa shape index (κ2) is 6.39. The minimum atomic E-state index is 0.314. The van der Waals surface area contributed by atoms with E-state index in [-0.39, 0.29) is 0 Å². The van der Waals surface area contributed by atoms with Gasteiger partial charge in [-0.25, -0.2) is 0 Å². The van der Waals surface area contributed by atoms with Gasteiger partial charge in [0.2, 0.25) is 5.91 Å². The van der Waals surface area contributed by atoms with Gasteiger partial charge in [-0.15, -0.1) is 0 Å². The molecule has 1 rings (SSSR count). The number of carbonyl (C=O) groups is 1. The second-order valence-electron chi connectivity index (χ2n) is 6.23. The second-order valence-corrected chi connectivity index (χ2v) is 6.23. The summed E-state index contributed by atoms with van der Waals surface area (Å²) in [5, 5.41) is 3.04. The van der Waals surface area contributed by atoms with Gasteiger partial charge in [-0.2, -0.15) is 0 Å². The highest BCUT2D eigenvalue weighted by Gasteiger charge is 2.28. The van der Waals surface area contributed by atoms with Crippen molar-refractivity contribution in [3.63, 3.8) is 0 Å². The van der Waals surface area contributed by atoms with Gasteiger partial charge in [0.1, 0.15) is 0 Å². The van der Waals surface area contributed by atoms with Gasteiger partial charge in [0.15, 0.2) is 0 Å². The van der Waals surface area contributed by atoms with Crippen molar-refractivity contribution in [2.24, 2.45) is 11.3 Å². The van der Waals surface area contributed by atoms with Crippen LogP contribution in [-0.4, -0.2) is 37.5 Å². The first kappa shape index (κ1) is 14.5. The van der Waals surface area contributed by atoms with E-state index in [2.05, 4.69) is 31.0 Å². The van der Waals surface area contributed by atoms with Gasteiger partial charge in [-0.3, -0.25) is 4.79 Å². The molecule has 3 nitrogen and oxygen atoms in total. The average molecular weight is 240 g/mol. The van der Waals surface area contributed by atoms with Crippen molar-refractivity contribution in [2.45, 2.75) is 46.5 Å². The molecule has 1 N–H and O–H groups in total. The lowest BCUT2D eigenvalue weighted by Crippen LogP contribution is -2.34. The summed E-state index contributed by atoms with van der Waals surface area (Å²) in [5.74, 6) is 1.07. The molecule has 0 spiro atoms. The maximum absolute atomic E-state index is 12.0. The lowest BCUT2D eigenvalue weighted by atomic mass is 9.77. The Morgan fingerprint density at radius 1 is 1.29 bits per heavy atom. The van der Waals surface area contributed by atoms with Crippen LogP contribution in [0.15, 0.2) is 0 Å². The van der Waals surface area contributed by atoms with Crippen LogP contribution in [0.2, 0.25) is 0 Å². The van der Waals surface area contributed by atoms with E-state index >= 15 is 0 Å². The molecule has 0 aromatic carbocycles. The molecule has 1 fully saturated rings. The van der Waals surface area contributed by atoms with Crippen molar-refractivity contribution in [1.82, 2.24) is 10.2 Å². The predicted molar refractivity (Wildman–Crippen MR) is 71.9 cm³/mol. The van der Waals surface area contributed by atoms with E-state index in [9.17, 15) is 4.79 Å². The van der Waals surface area contributed by atoms with Crippen LogP contribution in [0.25, 0.3) is 0 Å². The molecule has 1 saturated heterocycles. The van der Waals surface area contributed by atoms with Gasteiger partial charge in [0, 0.05) is 26.1 Å². The zero-order chi connectivity index (χ0) is 12.9. The molecule has 100 valence electrons. The van der Waals surface area contributed by atoms with Crippen LogP contribution in [0.4, 0.5) is 0 Å². The Labute approximate surface area is 106 Å². The first-order chi connectivity index (χ1) is 7.95. The normalized spacial score (nSPS) is 22.4. The highest BCUT2D eigenvalue weighted by atomic mass is 16.2. The van der Waals surface area contributed by atoms with Crippen LogP contribution in [0.1, 0.15) is 46.5 Å². The molecule has 0 aromatic rings. The zero-order valence-electron chi connectivity index (χ0n) is 11.9. The molecule has 0 radical (unpaired) electrons. The van der Waals surface area contributed by atoms with Gasteiger partial charge in [-0.1, -0.05) is 20.8 Å². The number of carbonyl (C=O) groups excluding carboxylic acids is 1. The standard InChI is InChI=1S/C14H28N2O/c1-14(2,3)12-6-5-10-16(11-8-12)13(17)7-9-15-4/h12,15H,5-11H2,1-4H3. The minimum Gasteiger partial charge on any atom is -0.343 e. The van der Waals surface area contributed by atoms with Gasteiger partial charge >= 0.3 is 0 Å². The number of hydrogen-bond donors (Lipinski definition) is 1. The molecular formula is C14H28N2O. The average Bonchev–Trinajstić information content (AvgIpc) is 2.50. The molecule has 1 aliphatic rings. The van der Waals surface area contributed by atoms with Crippen LogP contribution in [0.5, 0.6) is 0 Å². The van der Waals surface area contributed by atoms with Crippen molar-refractivity contribution in [1.29, 1.82) is 0 Å². The summed E-state index contributed by atoms with van der Waals surface area (Å²) in [6.45, 7) is 9.64. The maximum Gasteiger partial charge on any atom is 0.223 e. The van der Waals surface area contributed by atoms with Crippen LogP contribution in [0, 0.1) is 11.3 Å². The van der Waals surface area contributed by atoms with Crippen LogP contribution < -0.4 is 5.32 Å². The molecule has 1 unspecified atom stereocenters. The lowest BCUT2D eigenvalue weighted by Gasteiger charge is -2.29. The fraction of sp³-hybridized carbons (Fsp3) is 0.929. The maximum atomic E-state index is 12.0. The zero-order valence-corrected chi connectivity index (χ0v) is 11.9. The summed E-state index contributed by atoms with van der Waals surface area (Å²) >= 11 is 0. The molecule has 3 heteroatoms. The summed E-state index contributed by atoms with van der Waals surface area (Å²) in [5.41, 5.74) is 0.379. The number of amides is 1. The van der Waals surface area contributed by atoms with Crippen LogP contribution in [-0.2, 0) is 4.79 Å². The Hall–Kier alpha value is -0.570. The van der Waals surface area contributed by atoms with Crippen LogP contribution >= 0.6 is 0 Å². The smallest absolute Gasteiger partial charge is 0.223 e. The van der Waals surface area contributed by atoms with Crippen molar-refractivity contribution in [2.75, 3.05) is 26.7 Å². The molecule has 0 bridgehead atoms. The SMILES string of the molecule is CNCCC(=O)N1CCCC(C(C)(C)C)CC1. The number of rotatable bonds is 3. The molecule has 17 heavy (non-hydrogen) atoms. The summed E-state index contributed by atoms with van der Waals surface area (Å²) < 4.78 is 0. The fourth-order valence-electron chi connectivity index (χ4n) is 2.60. The molecule has 0 aromatic heterocycles. The topological polar surface area (TPSA) is 32.3 Å². The third kappa shape index (κ3) is 4.66. The van der Waals surface area contributed by atoms with E-state index < -0.39 is 0 Å². The van der Waals surface area contributed by atoms with Crippen molar-refractivity contribution < 1.29 is 4.79 Å². The lowest BCUT2D eigenvalue weighted by molar-refractivity contribution is -0.131. The molecule has 1 amide bonds. The first-order valence-electron chi connectivity index (χ1n) is 6.87. The number of hydrogen-bond acceptors (Lipinski definition) is 2. The van der Waals surface area contributed by atoms with Crippen LogP contribution in [0.3, 0.4) is 0 Å². The molecule has 0 aliphatic carbocycles. The van der Waals surface area contributed by atoms with E-state index in [0.717, 1.165) is 38.4 Å². The Morgan fingerprint density at radius 2 is 2.00 bits per heavy atom. The Morgan fingerprint density at radius 3 is 2.59 bits per heavy atom. The summed E-state index contributed by atoms with van der Waals surface area (Å²) in [4.78, 5) is 14.0. The Bertz CT molecular complexity index is 245. The molecular weight excluding hydrogens is 212 g/mol. The fourth-order valence-corrected chi connectivity index (χ4v) is 2.60. The molecule has 1 aliphatic heterocycles. The van der Waals surface area contributed by atoms with E-state index in [0.29, 0.717) is 17.7 Å². The van der Waals surface area contributed by atoms with Crippen molar-refractivity contribution in [3.05, 3.63) is 0 Å². The monoisotopic (exact) mass is 240 g/mol. The van der Waals surface area contributed by atoms with E-state index in [1.165, 1.54) is 6.42 Å². The third-order valence-electron chi connectivity index (χ3n) is 3.89. The molecule has 1 heterocycles. The number of nitrogens with zero attached hydrogens (tertiary/aromatic N) is 1. The number of nitrogens with one attached hydrogen (secondary N) is 1. The first-order valence-corrected chi connectivity index (χ1v) is 6.87. The summed E-state index contributed by atoms with van der Waals surface area (Å²) in [6.07, 6.45) is 4.22. The largest absolute Gasteiger partial charge is 0.343 e. The van der Waals surface area contributed by atoms with Crippen molar-refractivity contribution in [3.8, 4) is 0 Å². The van der Waals surface area contributed by atoms with E-state index in [1.807, 2.05) is 7.05 Å². The molecule has 1 atom stereocenters. The summed E-state index contributed by atoms with van der Waals surface area (Å²) in [6, 6.07) is 0. The van der Waals surface area contributed by atoms with Gasteiger partial charge in [0.25, 0.3) is 0 Å². The van der Waals surface area contributed by atoms with Gasteiger partial charge in [0.05, 0.1) is 0 Å². The number of likely N-dealkylation sites (tertiary alicyclic amines) is 1. The summed E-state index contributed by atoms with van der Waals surface area (Å²) in [7, 11) is 1.89. The predicted octanol–water partition coefficient (Wildman–Crippen LogP) is 2.27. The third-order valence-corrected chi connectivity index (χ3v) is 3.89. The minimum absolute atomic E-state index is 0.314. The highest BCUT2D eigenvalue weighted by Crippen LogP contribution is 2.34. The van der Waals surface area contributed by atoms with E-state index in [4.69, 9.17) is 0 Å². The Kier molecular flexibility index (Phi) is 5.44. The van der Waals surface area contributed by atoms with Gasteiger partial charge < -0.3 is 10.2 Å². The quantitative estimate of drug-likeness (QED) is 0.821. The molecule has 0 saturated carbocycles.